The van der Waals surface area contributed by atoms with Gasteiger partial charge in [0.1, 0.15) is 5.82 Å². The molecule has 0 saturated heterocycles. The lowest BCUT2D eigenvalue weighted by Gasteiger charge is -2.10. The molecule has 1 aromatic rings. The second-order valence-corrected chi connectivity index (χ2v) is 5.75. The molecule has 3 fully saturated rings. The van der Waals surface area contributed by atoms with Gasteiger partial charge in [0.15, 0.2) is 5.69 Å². The maximum Gasteiger partial charge on any atom is 0.356 e. The molecule has 94 valence electrons. The summed E-state index contributed by atoms with van der Waals surface area (Å²) < 4.78 is 0. The van der Waals surface area contributed by atoms with Crippen LogP contribution in [0.15, 0.2) is 12.4 Å². The van der Waals surface area contributed by atoms with Gasteiger partial charge in [-0.2, -0.15) is 0 Å². The third kappa shape index (κ3) is 1.36. The van der Waals surface area contributed by atoms with E-state index < -0.39 is 5.97 Å². The lowest BCUT2D eigenvalue weighted by atomic mass is 10.0. The van der Waals surface area contributed by atoms with Crippen molar-refractivity contribution in [1.82, 2.24) is 9.97 Å². The minimum atomic E-state index is -1.03. The quantitative estimate of drug-likeness (QED) is 0.846. The summed E-state index contributed by atoms with van der Waals surface area (Å²) in [7, 11) is 0. The number of hydrogen-bond acceptors (Lipinski definition) is 4. The van der Waals surface area contributed by atoms with Crippen LogP contribution in [-0.4, -0.2) is 27.1 Å². The molecule has 3 aliphatic carbocycles. The zero-order valence-corrected chi connectivity index (χ0v) is 9.91. The number of carboxylic acids is 1. The van der Waals surface area contributed by atoms with Crippen LogP contribution in [0.1, 0.15) is 29.8 Å². The number of nitrogens with zero attached hydrogens (tertiary/aromatic N) is 2. The molecule has 3 saturated carbocycles. The molecule has 4 atom stereocenters. The third-order valence-electron chi connectivity index (χ3n) is 4.90. The van der Waals surface area contributed by atoms with Gasteiger partial charge in [0.2, 0.25) is 0 Å². The van der Waals surface area contributed by atoms with Crippen LogP contribution in [0.3, 0.4) is 0 Å². The summed E-state index contributed by atoms with van der Waals surface area (Å²) in [6, 6.07) is 0.509. The summed E-state index contributed by atoms with van der Waals surface area (Å²) in [5, 5.41) is 12.3. The lowest BCUT2D eigenvalue weighted by molar-refractivity contribution is 0.0690. The Hall–Kier alpha value is -1.65. The van der Waals surface area contributed by atoms with Crippen molar-refractivity contribution in [2.75, 3.05) is 5.32 Å². The number of nitrogens with one attached hydrogen (secondary N) is 1. The van der Waals surface area contributed by atoms with Gasteiger partial charge in [0, 0.05) is 6.04 Å². The van der Waals surface area contributed by atoms with Crippen molar-refractivity contribution in [3.63, 3.8) is 0 Å². The van der Waals surface area contributed by atoms with Gasteiger partial charge in [-0.3, -0.25) is 4.98 Å². The molecule has 0 aromatic carbocycles. The van der Waals surface area contributed by atoms with Crippen LogP contribution in [0.2, 0.25) is 0 Å². The average molecular weight is 245 g/mol. The Balaban J connectivity index is 1.50. The molecule has 0 aliphatic heterocycles. The van der Waals surface area contributed by atoms with E-state index in [-0.39, 0.29) is 5.69 Å². The van der Waals surface area contributed by atoms with Crippen LogP contribution in [0.25, 0.3) is 0 Å². The number of fused-ring (bicyclic) bond motifs is 5. The number of aromatic nitrogens is 2. The molecule has 0 spiro atoms. The van der Waals surface area contributed by atoms with Crippen molar-refractivity contribution in [2.45, 2.75) is 25.3 Å². The highest BCUT2D eigenvalue weighted by atomic mass is 16.4. The SMILES string of the molecule is O=C(O)c1cncc(NC2C3C4CCC(C4)C23)n1. The molecule has 5 heteroatoms. The largest absolute Gasteiger partial charge is 0.476 e. The van der Waals surface area contributed by atoms with E-state index in [0.29, 0.717) is 11.9 Å². The predicted molar refractivity (Wildman–Crippen MR) is 64.2 cm³/mol. The van der Waals surface area contributed by atoms with E-state index >= 15 is 0 Å². The minimum absolute atomic E-state index is 0.00813. The molecule has 2 bridgehead atoms. The Labute approximate surface area is 105 Å². The van der Waals surface area contributed by atoms with Crippen LogP contribution in [0.5, 0.6) is 0 Å². The number of aromatic carboxylic acids is 1. The molecule has 4 unspecified atom stereocenters. The average Bonchev–Trinajstić information content (AvgIpc) is 2.77. The molecule has 18 heavy (non-hydrogen) atoms. The monoisotopic (exact) mass is 245 g/mol. The van der Waals surface area contributed by atoms with Crippen LogP contribution in [0.4, 0.5) is 5.82 Å². The van der Waals surface area contributed by atoms with Crippen molar-refractivity contribution >= 4 is 11.8 Å². The normalized spacial score (nSPS) is 39.4. The van der Waals surface area contributed by atoms with Crippen LogP contribution < -0.4 is 5.32 Å². The van der Waals surface area contributed by atoms with Crippen molar-refractivity contribution in [3.8, 4) is 0 Å². The molecule has 0 amide bonds. The fraction of sp³-hybridized carbons (Fsp3) is 0.615. The molecule has 5 nitrogen and oxygen atoms in total. The maximum atomic E-state index is 10.8. The first kappa shape index (κ1) is 10.3. The van der Waals surface area contributed by atoms with E-state index in [1.54, 1.807) is 6.20 Å². The van der Waals surface area contributed by atoms with Gasteiger partial charge >= 0.3 is 5.97 Å². The second-order valence-electron chi connectivity index (χ2n) is 5.75. The summed E-state index contributed by atoms with van der Waals surface area (Å²) in [5.74, 6) is 2.98. The van der Waals surface area contributed by atoms with Crippen molar-refractivity contribution in [3.05, 3.63) is 18.1 Å². The number of rotatable bonds is 3. The molecule has 0 radical (unpaired) electrons. The summed E-state index contributed by atoms with van der Waals surface area (Å²) in [6.07, 6.45) is 7.07. The Morgan fingerprint density at radius 3 is 2.67 bits per heavy atom. The van der Waals surface area contributed by atoms with Gasteiger partial charge in [0.05, 0.1) is 12.4 Å². The zero-order valence-electron chi connectivity index (χ0n) is 9.91. The molecular formula is C13H15N3O2. The van der Waals surface area contributed by atoms with Gasteiger partial charge < -0.3 is 10.4 Å². The van der Waals surface area contributed by atoms with Gasteiger partial charge in [-0.15, -0.1) is 0 Å². The number of hydrogen-bond donors (Lipinski definition) is 2. The Kier molecular flexibility index (Phi) is 1.96. The second kappa shape index (κ2) is 3.43. The van der Waals surface area contributed by atoms with Crippen molar-refractivity contribution < 1.29 is 9.90 Å². The molecule has 2 N–H and O–H groups in total. The van der Waals surface area contributed by atoms with E-state index in [1.807, 2.05) is 0 Å². The first-order chi connectivity index (χ1) is 8.74. The first-order valence-corrected chi connectivity index (χ1v) is 6.56. The van der Waals surface area contributed by atoms with Crippen LogP contribution in [0, 0.1) is 23.7 Å². The van der Waals surface area contributed by atoms with E-state index in [1.165, 1.54) is 25.5 Å². The van der Waals surface area contributed by atoms with E-state index in [2.05, 4.69) is 15.3 Å². The van der Waals surface area contributed by atoms with Crippen LogP contribution >= 0.6 is 0 Å². The van der Waals surface area contributed by atoms with E-state index in [4.69, 9.17) is 5.11 Å². The maximum absolute atomic E-state index is 10.8. The van der Waals surface area contributed by atoms with E-state index in [9.17, 15) is 4.79 Å². The van der Waals surface area contributed by atoms with Gasteiger partial charge in [-0.25, -0.2) is 9.78 Å². The Bertz CT molecular complexity index is 503. The minimum Gasteiger partial charge on any atom is -0.476 e. The molecule has 4 rings (SSSR count). The summed E-state index contributed by atoms with van der Waals surface area (Å²) in [4.78, 5) is 18.8. The van der Waals surface area contributed by atoms with Crippen molar-refractivity contribution in [2.24, 2.45) is 23.7 Å². The number of anilines is 1. The smallest absolute Gasteiger partial charge is 0.356 e. The standard InChI is InChI=1S/C13H15N3O2/c17-13(18)8-4-14-5-9(15-8)16-12-10-6-1-2-7(3-6)11(10)12/h4-7,10-12H,1-3H2,(H,15,16)(H,17,18). The highest BCUT2D eigenvalue weighted by Gasteiger charge is 2.65. The van der Waals surface area contributed by atoms with Gasteiger partial charge in [0.25, 0.3) is 0 Å². The predicted octanol–water partition coefficient (Wildman–Crippen LogP) is 1.63. The molecule has 1 heterocycles. The first-order valence-electron chi connectivity index (χ1n) is 6.56. The molecule has 1 aromatic heterocycles. The van der Waals surface area contributed by atoms with E-state index in [0.717, 1.165) is 23.7 Å². The fourth-order valence-electron chi connectivity index (χ4n) is 4.23. The number of carbonyl (C=O) groups is 1. The highest BCUT2D eigenvalue weighted by molar-refractivity contribution is 5.85. The Morgan fingerprint density at radius 2 is 2.00 bits per heavy atom. The lowest BCUT2D eigenvalue weighted by Crippen LogP contribution is -2.15. The molecule has 3 aliphatic rings. The van der Waals surface area contributed by atoms with Crippen LogP contribution in [-0.2, 0) is 0 Å². The fourth-order valence-corrected chi connectivity index (χ4v) is 4.23. The van der Waals surface area contributed by atoms with Gasteiger partial charge in [-0.1, -0.05) is 0 Å². The Morgan fingerprint density at radius 1 is 1.28 bits per heavy atom. The third-order valence-corrected chi connectivity index (χ3v) is 4.90. The summed E-state index contributed by atoms with van der Waals surface area (Å²) in [6.45, 7) is 0. The summed E-state index contributed by atoms with van der Waals surface area (Å²) >= 11 is 0. The topological polar surface area (TPSA) is 75.1 Å². The van der Waals surface area contributed by atoms with Gasteiger partial charge in [-0.05, 0) is 42.9 Å². The molecular weight excluding hydrogens is 230 g/mol. The highest BCUT2D eigenvalue weighted by Crippen LogP contribution is 2.66. The summed E-state index contributed by atoms with van der Waals surface area (Å²) in [5.41, 5.74) is 0.00813. The zero-order chi connectivity index (χ0) is 12.3. The number of carboxylic acid groups (broad SMARTS) is 1. The van der Waals surface area contributed by atoms with Crippen molar-refractivity contribution in [1.29, 1.82) is 0 Å².